The Balaban J connectivity index is 1.07. The molecular formula is C31H29N7O3S2. The third kappa shape index (κ3) is 6.78. The van der Waals surface area contributed by atoms with Crippen molar-refractivity contribution in [2.24, 2.45) is 0 Å². The van der Waals surface area contributed by atoms with Gasteiger partial charge in [-0.15, -0.1) is 0 Å². The highest BCUT2D eigenvalue weighted by Crippen LogP contribution is 2.28. The minimum Gasteiger partial charge on any atom is -0.324 e. The molecule has 1 saturated heterocycles. The summed E-state index contributed by atoms with van der Waals surface area (Å²) in [6, 6.07) is 20.0. The Hall–Kier alpha value is -4.49. The summed E-state index contributed by atoms with van der Waals surface area (Å²) < 4.78 is 28.2. The minimum atomic E-state index is -3.51. The molecule has 10 nitrogen and oxygen atoms in total. The van der Waals surface area contributed by atoms with E-state index in [-0.39, 0.29) is 10.8 Å². The number of hydrogen-bond donors (Lipinski definition) is 3. The Labute approximate surface area is 253 Å². The molecule has 0 aliphatic carbocycles. The summed E-state index contributed by atoms with van der Waals surface area (Å²) in [5.41, 5.74) is 4.92. The molecule has 43 heavy (non-hydrogen) atoms. The van der Waals surface area contributed by atoms with E-state index in [0.717, 1.165) is 26.9 Å². The van der Waals surface area contributed by atoms with Gasteiger partial charge in [-0.2, -0.15) is 4.31 Å². The first kappa shape index (κ1) is 28.6. The lowest BCUT2D eigenvalue weighted by Crippen LogP contribution is -2.46. The molecule has 0 unspecified atom stereocenters. The highest BCUT2D eigenvalue weighted by atomic mass is 32.2. The molecule has 218 valence electrons. The van der Waals surface area contributed by atoms with Gasteiger partial charge < -0.3 is 10.6 Å². The van der Waals surface area contributed by atoms with Crippen molar-refractivity contribution in [3.8, 4) is 0 Å². The van der Waals surface area contributed by atoms with Gasteiger partial charge in [-0.3, -0.25) is 10.1 Å². The minimum absolute atomic E-state index is 0.184. The Morgan fingerprint density at radius 1 is 0.953 bits per heavy atom. The third-order valence-corrected chi connectivity index (χ3v) is 9.72. The van der Waals surface area contributed by atoms with Crippen LogP contribution in [0, 0.1) is 6.92 Å². The third-order valence-electron chi connectivity index (χ3n) is 6.88. The first-order valence-corrected chi connectivity index (χ1v) is 16.0. The number of hydrogen-bond acceptors (Lipinski definition) is 9. The monoisotopic (exact) mass is 611 g/mol. The average Bonchev–Trinajstić information content (AvgIpc) is 3.43. The number of sulfonamides is 1. The van der Waals surface area contributed by atoms with Gasteiger partial charge in [0.25, 0.3) is 5.91 Å². The normalized spacial score (nSPS) is 14.3. The Kier molecular flexibility index (Phi) is 8.25. The van der Waals surface area contributed by atoms with Crippen LogP contribution in [-0.2, 0) is 10.0 Å². The van der Waals surface area contributed by atoms with E-state index in [1.165, 1.54) is 15.6 Å². The first-order valence-electron chi connectivity index (χ1n) is 13.7. The summed E-state index contributed by atoms with van der Waals surface area (Å²) in [5.74, 6) is 0.220. The quantitative estimate of drug-likeness (QED) is 0.220. The molecule has 3 aromatic carbocycles. The predicted octanol–water partition coefficient (Wildman–Crippen LogP) is 5.15. The van der Waals surface area contributed by atoms with Crippen molar-refractivity contribution in [1.29, 1.82) is 0 Å². The van der Waals surface area contributed by atoms with Gasteiger partial charge in [0, 0.05) is 55.4 Å². The molecule has 1 aliphatic heterocycles. The van der Waals surface area contributed by atoms with Crippen LogP contribution in [0.15, 0.2) is 84.0 Å². The van der Waals surface area contributed by atoms with Crippen LogP contribution >= 0.6 is 11.3 Å². The number of aryl methyl sites for hydroxylation is 1. The van der Waals surface area contributed by atoms with E-state index in [1.54, 1.807) is 42.7 Å². The average molecular weight is 612 g/mol. The van der Waals surface area contributed by atoms with Crippen LogP contribution in [0.2, 0.25) is 0 Å². The molecule has 5 aromatic rings. The molecule has 0 bridgehead atoms. The van der Waals surface area contributed by atoms with Crippen LogP contribution in [0.5, 0.6) is 0 Å². The topological polar surface area (TPSA) is 129 Å². The summed E-state index contributed by atoms with van der Waals surface area (Å²) in [5, 5.41) is 9.72. The summed E-state index contributed by atoms with van der Waals surface area (Å²) in [6.45, 7) is 4.19. The number of amides is 1. The second-order valence-corrected chi connectivity index (χ2v) is 13.0. The van der Waals surface area contributed by atoms with E-state index < -0.39 is 10.0 Å². The fraction of sp³-hybridized carbons (Fsp3) is 0.161. The van der Waals surface area contributed by atoms with Crippen molar-refractivity contribution in [1.82, 2.24) is 24.6 Å². The molecule has 0 radical (unpaired) electrons. The molecule has 12 heteroatoms. The van der Waals surface area contributed by atoms with E-state index in [9.17, 15) is 13.2 Å². The van der Waals surface area contributed by atoms with Crippen LogP contribution in [0.3, 0.4) is 0 Å². The van der Waals surface area contributed by atoms with Crippen molar-refractivity contribution < 1.29 is 13.2 Å². The number of carbonyl (C=O) groups excluding carboxylic acids is 1. The van der Waals surface area contributed by atoms with Gasteiger partial charge in [0.2, 0.25) is 16.0 Å². The van der Waals surface area contributed by atoms with Crippen molar-refractivity contribution in [3.63, 3.8) is 0 Å². The van der Waals surface area contributed by atoms with E-state index in [1.807, 2.05) is 55.5 Å². The molecule has 2 aromatic heterocycles. The number of thiazole rings is 1. The van der Waals surface area contributed by atoms with Crippen molar-refractivity contribution in [2.45, 2.75) is 11.8 Å². The molecule has 6 rings (SSSR count). The molecule has 0 atom stereocenters. The lowest BCUT2D eigenvalue weighted by Gasteiger charge is -2.26. The van der Waals surface area contributed by atoms with Gasteiger partial charge in [-0.05, 0) is 61.0 Å². The standard InChI is InChI=1S/C31H29N7O3S2/c1-21-3-2-4-24(17-21)29(39)37-31-36-27-12-7-22(18-28(27)42-31)5-6-23-19-33-30(34-20-23)35-25-8-10-26(11-9-25)43(40,41)38-15-13-32-14-16-38/h2-12,17-20,32H,13-16H2,1H3,(H,33,34,35)(H,36,37,39)/b6-5+. The number of nitrogens with zero attached hydrogens (tertiary/aromatic N) is 4. The Bertz CT molecular complexity index is 1900. The summed E-state index contributed by atoms with van der Waals surface area (Å²) >= 11 is 1.42. The van der Waals surface area contributed by atoms with E-state index in [4.69, 9.17) is 0 Å². The Morgan fingerprint density at radius 2 is 1.70 bits per heavy atom. The number of fused-ring (bicyclic) bond motifs is 1. The van der Waals surface area contributed by atoms with Crippen molar-refractivity contribution in [3.05, 3.63) is 101 Å². The number of piperazine rings is 1. The Morgan fingerprint density at radius 3 is 2.44 bits per heavy atom. The lowest BCUT2D eigenvalue weighted by molar-refractivity contribution is 0.102. The largest absolute Gasteiger partial charge is 0.324 e. The maximum atomic E-state index is 12.8. The molecule has 0 spiro atoms. The predicted molar refractivity (Wildman–Crippen MR) is 171 cm³/mol. The van der Waals surface area contributed by atoms with Crippen molar-refractivity contribution in [2.75, 3.05) is 36.8 Å². The van der Waals surface area contributed by atoms with Gasteiger partial charge >= 0.3 is 0 Å². The number of rotatable bonds is 8. The molecule has 0 saturated carbocycles. The van der Waals surface area contributed by atoms with Gasteiger partial charge in [0.05, 0.1) is 15.1 Å². The maximum Gasteiger partial charge on any atom is 0.257 e. The fourth-order valence-corrected chi connectivity index (χ4v) is 6.96. The van der Waals surface area contributed by atoms with Crippen LogP contribution in [0.25, 0.3) is 22.4 Å². The highest BCUT2D eigenvalue weighted by molar-refractivity contribution is 7.89. The zero-order valence-corrected chi connectivity index (χ0v) is 25.0. The van der Waals surface area contributed by atoms with E-state index in [0.29, 0.717) is 48.5 Å². The van der Waals surface area contributed by atoms with E-state index in [2.05, 4.69) is 30.9 Å². The first-order chi connectivity index (χ1) is 20.8. The smallest absolute Gasteiger partial charge is 0.257 e. The second-order valence-electron chi connectivity index (χ2n) is 10.0. The molecule has 1 fully saturated rings. The number of nitrogens with one attached hydrogen (secondary N) is 3. The van der Waals surface area contributed by atoms with Gasteiger partial charge in [-0.1, -0.05) is 47.3 Å². The molecule has 1 aliphatic rings. The number of benzene rings is 3. The summed E-state index contributed by atoms with van der Waals surface area (Å²) in [4.78, 5) is 26.2. The van der Waals surface area contributed by atoms with Crippen LogP contribution in [0.1, 0.15) is 27.0 Å². The van der Waals surface area contributed by atoms with Crippen LogP contribution < -0.4 is 16.0 Å². The van der Waals surface area contributed by atoms with Crippen LogP contribution in [-0.4, -0.2) is 59.8 Å². The molecule has 3 N–H and O–H groups in total. The second kappa shape index (κ2) is 12.4. The SMILES string of the molecule is Cc1cccc(C(=O)Nc2nc3ccc(/C=C/c4cnc(Nc5ccc(S(=O)(=O)N6CCNCC6)cc5)nc4)cc3s2)c1. The molecule has 3 heterocycles. The van der Waals surface area contributed by atoms with E-state index >= 15 is 0 Å². The summed E-state index contributed by atoms with van der Waals surface area (Å²) in [6.07, 6.45) is 7.30. The van der Waals surface area contributed by atoms with Crippen LogP contribution in [0.4, 0.5) is 16.8 Å². The summed E-state index contributed by atoms with van der Waals surface area (Å²) in [7, 11) is -3.51. The van der Waals surface area contributed by atoms with Crippen molar-refractivity contribution >= 4 is 66.4 Å². The number of carbonyl (C=O) groups is 1. The maximum absolute atomic E-state index is 12.8. The molecule has 1 amide bonds. The van der Waals surface area contributed by atoms with Gasteiger partial charge in [0.1, 0.15) is 0 Å². The highest BCUT2D eigenvalue weighted by Gasteiger charge is 2.25. The molecular weight excluding hydrogens is 583 g/mol. The number of anilines is 3. The van der Waals surface area contributed by atoms with Gasteiger partial charge in [0.15, 0.2) is 5.13 Å². The number of aromatic nitrogens is 3. The zero-order chi connectivity index (χ0) is 29.8. The lowest BCUT2D eigenvalue weighted by atomic mass is 10.1. The fourth-order valence-electron chi connectivity index (χ4n) is 4.61. The van der Waals surface area contributed by atoms with Gasteiger partial charge in [-0.25, -0.2) is 23.4 Å². The zero-order valence-electron chi connectivity index (χ0n) is 23.3.